The minimum atomic E-state index is 0.617. The smallest absolute Gasteiger partial charge is 0.0540 e. The van der Waals surface area contributed by atoms with E-state index < -0.39 is 0 Å². The Morgan fingerprint density at radius 2 is 2.43 bits per heavy atom. The van der Waals surface area contributed by atoms with Crippen molar-refractivity contribution >= 4 is 21.6 Å². The topological polar surface area (TPSA) is 37.0 Å². The van der Waals surface area contributed by atoms with Crippen molar-refractivity contribution in [1.82, 2.24) is 10.3 Å². The number of halogens is 1. The summed E-state index contributed by atoms with van der Waals surface area (Å²) < 4.78 is 1.03. The highest BCUT2D eigenvalue weighted by molar-refractivity contribution is 9.10. The van der Waals surface area contributed by atoms with Crippen molar-refractivity contribution in [2.75, 3.05) is 11.9 Å². The second kappa shape index (κ2) is 3.21. The second-order valence-electron chi connectivity index (χ2n) is 4.07. The van der Waals surface area contributed by atoms with Crippen molar-refractivity contribution in [2.45, 2.75) is 18.5 Å². The van der Waals surface area contributed by atoms with Crippen LogP contribution < -0.4 is 10.6 Å². The van der Waals surface area contributed by atoms with Crippen LogP contribution in [-0.2, 0) is 0 Å². The third-order valence-corrected chi connectivity index (χ3v) is 3.61. The molecule has 0 amide bonds. The van der Waals surface area contributed by atoms with Crippen LogP contribution >= 0.6 is 15.9 Å². The van der Waals surface area contributed by atoms with E-state index >= 15 is 0 Å². The average Bonchev–Trinajstić information content (AvgIpc) is 2.75. The van der Waals surface area contributed by atoms with Gasteiger partial charge in [0, 0.05) is 29.3 Å². The first kappa shape index (κ1) is 8.68. The first-order valence-corrected chi connectivity index (χ1v) is 5.73. The minimum Gasteiger partial charge on any atom is -0.379 e. The molecule has 3 unspecified atom stereocenters. The number of hydrogen-bond acceptors (Lipinski definition) is 3. The summed E-state index contributed by atoms with van der Waals surface area (Å²) in [6.45, 7) is 1.17. The maximum Gasteiger partial charge on any atom is 0.0540 e. The predicted octanol–water partition coefficient (Wildman–Crippen LogP) is 1.62. The van der Waals surface area contributed by atoms with Gasteiger partial charge in [-0.1, -0.05) is 0 Å². The Kier molecular flexibility index (Phi) is 1.99. The van der Waals surface area contributed by atoms with E-state index in [1.807, 2.05) is 6.20 Å². The number of aromatic nitrogens is 1. The first-order valence-electron chi connectivity index (χ1n) is 4.93. The third kappa shape index (κ3) is 1.33. The average molecular weight is 254 g/mol. The summed E-state index contributed by atoms with van der Waals surface area (Å²) in [6, 6.07) is 3.37. The Balaban J connectivity index is 1.73. The van der Waals surface area contributed by atoms with E-state index in [1.165, 1.54) is 13.0 Å². The van der Waals surface area contributed by atoms with Gasteiger partial charge in [-0.15, -0.1) is 0 Å². The Morgan fingerprint density at radius 3 is 3.07 bits per heavy atom. The van der Waals surface area contributed by atoms with Gasteiger partial charge in [0.05, 0.1) is 11.9 Å². The van der Waals surface area contributed by atoms with E-state index in [9.17, 15) is 0 Å². The fourth-order valence-electron chi connectivity index (χ4n) is 2.38. The van der Waals surface area contributed by atoms with Gasteiger partial charge in [-0.05, 0) is 34.3 Å². The lowest BCUT2D eigenvalue weighted by Crippen LogP contribution is -2.47. The molecule has 14 heavy (non-hydrogen) atoms. The van der Waals surface area contributed by atoms with Crippen molar-refractivity contribution in [1.29, 1.82) is 0 Å². The van der Waals surface area contributed by atoms with Gasteiger partial charge in [0.2, 0.25) is 0 Å². The molecule has 1 aromatic heterocycles. The molecule has 1 aromatic rings. The minimum absolute atomic E-state index is 0.617. The molecule has 3 atom stereocenters. The van der Waals surface area contributed by atoms with Crippen LogP contribution in [0.2, 0.25) is 0 Å². The summed E-state index contributed by atoms with van der Waals surface area (Å²) >= 11 is 3.42. The van der Waals surface area contributed by atoms with Gasteiger partial charge in [-0.25, -0.2) is 0 Å². The summed E-state index contributed by atoms with van der Waals surface area (Å²) in [4.78, 5) is 4.14. The Morgan fingerprint density at radius 1 is 1.50 bits per heavy atom. The zero-order valence-electron chi connectivity index (χ0n) is 7.70. The number of nitrogens with one attached hydrogen (secondary N) is 2. The quantitative estimate of drug-likeness (QED) is 0.842. The molecule has 0 aromatic carbocycles. The second-order valence-corrected chi connectivity index (χ2v) is 4.99. The SMILES string of the molecule is Brc1cncc(NC2C3CNC2C3)c1. The number of nitrogens with zero attached hydrogens (tertiary/aromatic N) is 1. The molecule has 3 aliphatic rings. The fourth-order valence-corrected chi connectivity index (χ4v) is 2.74. The number of pyridine rings is 1. The Labute approximate surface area is 91.4 Å². The third-order valence-electron chi connectivity index (χ3n) is 3.18. The molecule has 3 heterocycles. The highest BCUT2D eigenvalue weighted by Gasteiger charge is 2.46. The highest BCUT2D eigenvalue weighted by Crippen LogP contribution is 2.36. The molecule has 4 rings (SSSR count). The zero-order chi connectivity index (χ0) is 9.54. The number of anilines is 1. The Hall–Kier alpha value is -0.610. The van der Waals surface area contributed by atoms with Crippen LogP contribution in [0, 0.1) is 5.92 Å². The van der Waals surface area contributed by atoms with E-state index in [-0.39, 0.29) is 0 Å². The van der Waals surface area contributed by atoms with Crippen molar-refractivity contribution in [2.24, 2.45) is 5.92 Å². The molecule has 2 aliphatic heterocycles. The van der Waals surface area contributed by atoms with Crippen LogP contribution in [0.15, 0.2) is 22.9 Å². The summed E-state index contributed by atoms with van der Waals surface area (Å²) in [5.74, 6) is 0.819. The molecule has 0 spiro atoms. The number of hydrogen-bond donors (Lipinski definition) is 2. The van der Waals surface area contributed by atoms with Gasteiger partial charge < -0.3 is 10.6 Å². The normalized spacial score (nSPS) is 33.9. The van der Waals surface area contributed by atoms with Crippen LogP contribution in [0.1, 0.15) is 6.42 Å². The molecule has 3 fully saturated rings. The van der Waals surface area contributed by atoms with Crippen LogP contribution in [0.5, 0.6) is 0 Å². The van der Waals surface area contributed by atoms with Crippen molar-refractivity contribution in [3.63, 3.8) is 0 Å². The van der Waals surface area contributed by atoms with Crippen molar-refractivity contribution in [3.8, 4) is 0 Å². The summed E-state index contributed by atoms with van der Waals surface area (Å²) in [7, 11) is 0. The summed E-state index contributed by atoms with van der Waals surface area (Å²) in [6.07, 6.45) is 5.01. The largest absolute Gasteiger partial charge is 0.379 e. The van der Waals surface area contributed by atoms with Crippen LogP contribution in [0.3, 0.4) is 0 Å². The van der Waals surface area contributed by atoms with Gasteiger partial charge in [-0.2, -0.15) is 0 Å². The van der Waals surface area contributed by atoms with Crippen LogP contribution in [-0.4, -0.2) is 23.6 Å². The van der Waals surface area contributed by atoms with Gasteiger partial charge in [-0.3, -0.25) is 4.98 Å². The zero-order valence-corrected chi connectivity index (χ0v) is 9.29. The van der Waals surface area contributed by atoms with Gasteiger partial charge in [0.15, 0.2) is 0 Å². The molecule has 2 saturated heterocycles. The lowest BCUT2D eigenvalue weighted by molar-refractivity contribution is 0.327. The molecule has 2 bridgehead atoms. The predicted molar refractivity (Wildman–Crippen MR) is 59.2 cm³/mol. The summed E-state index contributed by atoms with van der Waals surface area (Å²) in [5.41, 5.74) is 1.11. The highest BCUT2D eigenvalue weighted by atomic mass is 79.9. The van der Waals surface area contributed by atoms with E-state index in [0.717, 1.165) is 16.1 Å². The maximum absolute atomic E-state index is 4.14. The lowest BCUT2D eigenvalue weighted by atomic mass is 9.80. The van der Waals surface area contributed by atoms with E-state index in [2.05, 4.69) is 37.6 Å². The van der Waals surface area contributed by atoms with Crippen molar-refractivity contribution < 1.29 is 0 Å². The van der Waals surface area contributed by atoms with Crippen LogP contribution in [0.4, 0.5) is 5.69 Å². The molecule has 74 valence electrons. The molecular weight excluding hydrogens is 242 g/mol. The molecule has 3 nitrogen and oxygen atoms in total. The molecule has 1 saturated carbocycles. The Bertz CT molecular complexity index is 341. The molecule has 1 aliphatic carbocycles. The van der Waals surface area contributed by atoms with Gasteiger partial charge in [0.1, 0.15) is 0 Å². The van der Waals surface area contributed by atoms with Crippen LogP contribution in [0.25, 0.3) is 0 Å². The molecule has 2 N–H and O–H groups in total. The lowest BCUT2D eigenvalue weighted by Gasteiger charge is -2.35. The van der Waals surface area contributed by atoms with E-state index in [0.29, 0.717) is 12.1 Å². The first-order chi connectivity index (χ1) is 6.83. The number of rotatable bonds is 2. The fraction of sp³-hybridized carbons (Fsp3) is 0.500. The standard InChI is InChI=1S/C10H12BrN3/c11-7-2-8(5-12-4-7)14-10-6-1-9(10)13-3-6/h2,4-6,9-10,13-14H,1,3H2. The molecular formula is C10H12BrN3. The van der Waals surface area contributed by atoms with Gasteiger partial charge in [0.25, 0.3) is 0 Å². The summed E-state index contributed by atoms with van der Waals surface area (Å²) in [5, 5.41) is 7.01. The van der Waals surface area contributed by atoms with Crippen molar-refractivity contribution in [3.05, 3.63) is 22.9 Å². The van der Waals surface area contributed by atoms with E-state index in [1.54, 1.807) is 6.20 Å². The molecule has 4 heteroatoms. The van der Waals surface area contributed by atoms with Gasteiger partial charge >= 0.3 is 0 Å². The number of fused-ring (bicyclic) bond motifs is 1. The molecule has 0 radical (unpaired) electrons. The monoisotopic (exact) mass is 253 g/mol. The maximum atomic E-state index is 4.14. The van der Waals surface area contributed by atoms with E-state index in [4.69, 9.17) is 0 Å².